The van der Waals surface area contributed by atoms with Crippen molar-refractivity contribution >= 4 is 24.2 Å². The predicted molar refractivity (Wildman–Crippen MR) is 188 cm³/mol. The summed E-state index contributed by atoms with van der Waals surface area (Å²) < 4.78 is 10.5. The molecule has 0 saturated carbocycles. The molecule has 2 N–H and O–H groups in total. The van der Waals surface area contributed by atoms with Gasteiger partial charge >= 0.3 is 18.0 Å². The van der Waals surface area contributed by atoms with Gasteiger partial charge in [0.05, 0.1) is 13.2 Å². The van der Waals surface area contributed by atoms with Gasteiger partial charge in [-0.3, -0.25) is 9.59 Å². The average Bonchev–Trinajstić information content (AvgIpc) is 3.02. The maximum atomic E-state index is 11.5. The molecule has 0 heterocycles. The van der Waals surface area contributed by atoms with Crippen LogP contribution in [0.25, 0.3) is 0 Å². The number of unbranched alkanes of at least 4 members (excludes halogenated alkanes) is 21. The monoisotopic (exact) mass is 641 g/mol. The van der Waals surface area contributed by atoms with Gasteiger partial charge < -0.3 is 19.9 Å². The van der Waals surface area contributed by atoms with E-state index in [-0.39, 0.29) is 11.9 Å². The van der Waals surface area contributed by atoms with E-state index >= 15 is 0 Å². The highest BCUT2D eigenvalue weighted by Crippen LogP contribution is 2.11. The molecule has 1 amide bonds. The largest absolute Gasteiger partial charge is 0.466 e. The first-order chi connectivity index (χ1) is 22.0. The lowest BCUT2D eigenvalue weighted by molar-refractivity contribution is -0.144. The van der Waals surface area contributed by atoms with Crippen LogP contribution in [0.5, 0.6) is 0 Å². The van der Waals surface area contributed by atoms with Crippen LogP contribution in [-0.4, -0.2) is 56.2 Å². The molecule has 0 aliphatic carbocycles. The molecule has 266 valence electrons. The fourth-order valence-corrected chi connectivity index (χ4v) is 4.91. The van der Waals surface area contributed by atoms with Crippen LogP contribution in [0.1, 0.15) is 187 Å². The number of amides is 1. The zero-order valence-electron chi connectivity index (χ0n) is 29.7. The summed E-state index contributed by atoms with van der Waals surface area (Å²) in [6.07, 6.45) is 30.7. The molecule has 0 aliphatic rings. The van der Waals surface area contributed by atoms with Gasteiger partial charge in [-0.15, -0.1) is 0 Å². The average molecular weight is 641 g/mol. The predicted octanol–water partition coefficient (Wildman–Crippen LogP) is 10.6. The van der Waals surface area contributed by atoms with Crippen LogP contribution in [0.4, 0.5) is 4.79 Å². The minimum atomic E-state index is -1.16. The molecule has 0 aliphatic heterocycles. The lowest BCUT2D eigenvalue weighted by Gasteiger charge is -2.05. The van der Waals surface area contributed by atoms with Crippen molar-refractivity contribution in [3.05, 3.63) is 0 Å². The van der Waals surface area contributed by atoms with E-state index in [1.54, 1.807) is 0 Å². The molecule has 0 aromatic heterocycles. The Kier molecular flexibility index (Phi) is 40.2. The van der Waals surface area contributed by atoms with Gasteiger partial charge in [0.2, 0.25) is 0 Å². The third-order valence-electron chi connectivity index (χ3n) is 7.75. The number of nitrogens with zero attached hydrogens (tertiary/aromatic N) is 1. The van der Waals surface area contributed by atoms with Crippen molar-refractivity contribution in [3.63, 3.8) is 0 Å². The second-order valence-corrected chi connectivity index (χ2v) is 12.2. The third-order valence-corrected chi connectivity index (χ3v) is 7.75. The fraction of sp³-hybridized carbons (Fsp3) is 0.892. The normalized spacial score (nSPS) is 10.9. The molecule has 0 unspecified atom stereocenters. The molecule has 0 saturated heterocycles. The Morgan fingerprint density at radius 1 is 0.556 bits per heavy atom. The maximum absolute atomic E-state index is 11.5. The number of carbonyl (C=O) groups is 3. The van der Waals surface area contributed by atoms with E-state index in [2.05, 4.69) is 24.2 Å². The fourth-order valence-electron chi connectivity index (χ4n) is 4.91. The molecule has 45 heavy (non-hydrogen) atoms. The standard InChI is InChI=1S/C19H35NO4.C18H37NO2/c1-2-3-4-5-6-7-8-11-14-17-24-18(21)15-12-9-10-13-16-20-19(22)23;1-3-4-5-6-7-8-9-10-14-17-21-18(20)15-12-11-13-16-19-2/h16H,2-15,17H2,1H3,(H,22,23);19H,3-17H2,1-2H3. The first-order valence-electron chi connectivity index (χ1n) is 18.7. The zero-order chi connectivity index (χ0) is 33.5. The summed E-state index contributed by atoms with van der Waals surface area (Å²) in [5.74, 6) is -0.132. The highest BCUT2D eigenvalue weighted by Gasteiger charge is 2.03. The zero-order valence-corrected chi connectivity index (χ0v) is 29.7. The molecule has 0 fully saturated rings. The Labute approximate surface area is 277 Å². The second-order valence-electron chi connectivity index (χ2n) is 12.2. The van der Waals surface area contributed by atoms with Crippen molar-refractivity contribution in [1.29, 1.82) is 0 Å². The molecule has 8 nitrogen and oxygen atoms in total. The van der Waals surface area contributed by atoms with Crippen molar-refractivity contribution in [2.24, 2.45) is 4.99 Å². The Hall–Kier alpha value is -1.96. The van der Waals surface area contributed by atoms with Crippen LogP contribution >= 0.6 is 0 Å². The summed E-state index contributed by atoms with van der Waals surface area (Å²) in [7, 11) is 1.96. The van der Waals surface area contributed by atoms with E-state index < -0.39 is 6.09 Å². The highest BCUT2D eigenvalue weighted by atomic mass is 16.5. The van der Waals surface area contributed by atoms with Crippen LogP contribution < -0.4 is 5.32 Å². The Morgan fingerprint density at radius 2 is 0.933 bits per heavy atom. The van der Waals surface area contributed by atoms with Crippen LogP contribution in [0, 0.1) is 0 Å². The van der Waals surface area contributed by atoms with Crippen molar-refractivity contribution in [2.75, 3.05) is 26.8 Å². The van der Waals surface area contributed by atoms with Gasteiger partial charge in [0.15, 0.2) is 0 Å². The topological polar surface area (TPSA) is 114 Å². The second kappa shape index (κ2) is 40.1. The Morgan fingerprint density at radius 3 is 1.33 bits per heavy atom. The molecule has 0 aromatic carbocycles. The first kappa shape index (κ1) is 45.2. The van der Waals surface area contributed by atoms with Gasteiger partial charge in [0, 0.05) is 19.1 Å². The van der Waals surface area contributed by atoms with Crippen molar-refractivity contribution < 1.29 is 29.0 Å². The van der Waals surface area contributed by atoms with Crippen molar-refractivity contribution in [3.8, 4) is 0 Å². The molecule has 0 aromatic rings. The molecule has 0 spiro atoms. The summed E-state index contributed by atoms with van der Waals surface area (Å²) in [4.78, 5) is 36.4. The highest BCUT2D eigenvalue weighted by molar-refractivity contribution is 5.77. The van der Waals surface area contributed by atoms with E-state index in [9.17, 15) is 14.4 Å². The number of rotatable bonds is 32. The minimum Gasteiger partial charge on any atom is -0.466 e. The van der Waals surface area contributed by atoms with E-state index in [1.807, 2.05) is 7.05 Å². The molecule has 0 radical (unpaired) electrons. The number of hydrogen-bond acceptors (Lipinski definition) is 6. The van der Waals surface area contributed by atoms with Crippen LogP contribution in [0.15, 0.2) is 4.99 Å². The van der Waals surface area contributed by atoms with Gasteiger partial charge in [0.1, 0.15) is 0 Å². The minimum absolute atomic E-state index is 0.0148. The molecule has 0 atom stereocenters. The summed E-state index contributed by atoms with van der Waals surface area (Å²) in [5, 5.41) is 11.4. The van der Waals surface area contributed by atoms with Gasteiger partial charge in [-0.2, -0.15) is 4.99 Å². The summed E-state index contributed by atoms with van der Waals surface area (Å²) in [6.45, 7) is 6.68. The number of aliphatic imine (C=N–C) groups is 1. The van der Waals surface area contributed by atoms with E-state index in [1.165, 1.54) is 103 Å². The number of carboxylic acid groups (broad SMARTS) is 1. The van der Waals surface area contributed by atoms with Gasteiger partial charge in [-0.1, -0.05) is 129 Å². The number of esters is 2. The van der Waals surface area contributed by atoms with Crippen LogP contribution in [-0.2, 0) is 19.1 Å². The number of hydrogen-bond donors (Lipinski definition) is 2. The number of ether oxygens (including phenoxy) is 2. The molecular weight excluding hydrogens is 568 g/mol. The maximum Gasteiger partial charge on any atom is 0.430 e. The van der Waals surface area contributed by atoms with Crippen molar-refractivity contribution in [1.82, 2.24) is 5.32 Å². The van der Waals surface area contributed by atoms with Crippen molar-refractivity contribution in [2.45, 2.75) is 187 Å². The molecular formula is C37H72N2O6. The SMILES string of the molecule is CCCCCCCCCCCOC(=O)CCCCCC=NC(=O)O.CCCCCCCCCCCOC(=O)CCCCCNC. The Bertz CT molecular complexity index is 671. The summed E-state index contributed by atoms with van der Waals surface area (Å²) >= 11 is 0. The summed E-state index contributed by atoms with van der Waals surface area (Å²) in [6, 6.07) is 0. The van der Waals surface area contributed by atoms with Gasteiger partial charge in [0.25, 0.3) is 0 Å². The number of carbonyl (C=O) groups excluding carboxylic acids is 2. The quantitative estimate of drug-likeness (QED) is 0.0427. The number of nitrogens with one attached hydrogen (secondary N) is 1. The molecule has 0 rings (SSSR count). The van der Waals surface area contributed by atoms with Crippen LogP contribution in [0.3, 0.4) is 0 Å². The van der Waals surface area contributed by atoms with E-state index in [0.717, 1.165) is 64.3 Å². The van der Waals surface area contributed by atoms with E-state index in [0.29, 0.717) is 32.5 Å². The first-order valence-corrected chi connectivity index (χ1v) is 18.7. The third kappa shape index (κ3) is 44.2. The molecule has 0 bridgehead atoms. The van der Waals surface area contributed by atoms with E-state index in [4.69, 9.17) is 14.6 Å². The lowest BCUT2D eigenvalue weighted by Crippen LogP contribution is -2.08. The van der Waals surface area contributed by atoms with Crippen LogP contribution in [0.2, 0.25) is 0 Å². The summed E-state index contributed by atoms with van der Waals surface area (Å²) in [5.41, 5.74) is 0. The van der Waals surface area contributed by atoms with Gasteiger partial charge in [-0.25, -0.2) is 4.79 Å². The smallest absolute Gasteiger partial charge is 0.430 e. The molecule has 8 heteroatoms. The lowest BCUT2D eigenvalue weighted by atomic mass is 10.1. The van der Waals surface area contributed by atoms with Gasteiger partial charge in [-0.05, 0) is 58.5 Å². The Balaban J connectivity index is 0.